The standard InChI is InChI=1S/C16H14Cl2N2O4S/c17-11-1-4-13(5-2-11)25-8-7-19-16(21)10-24-15-6-3-12(20(22)23)9-14(15)18/h1-6,9H,7-8,10H2,(H,19,21). The summed E-state index contributed by atoms with van der Waals surface area (Å²) >= 11 is 13.3. The van der Waals surface area contributed by atoms with Crippen LogP contribution < -0.4 is 10.1 Å². The topological polar surface area (TPSA) is 81.5 Å². The molecule has 0 aromatic heterocycles. The maximum Gasteiger partial charge on any atom is 0.271 e. The zero-order chi connectivity index (χ0) is 18.2. The average Bonchev–Trinajstić information content (AvgIpc) is 2.59. The Labute approximate surface area is 158 Å². The maximum atomic E-state index is 11.7. The first-order valence-electron chi connectivity index (χ1n) is 7.17. The Morgan fingerprint density at radius 2 is 1.92 bits per heavy atom. The number of carbonyl (C=O) groups is 1. The van der Waals surface area contributed by atoms with Crippen molar-refractivity contribution in [3.05, 3.63) is 62.6 Å². The number of benzene rings is 2. The summed E-state index contributed by atoms with van der Waals surface area (Å²) in [4.78, 5) is 22.9. The summed E-state index contributed by atoms with van der Waals surface area (Å²) in [5.41, 5.74) is -0.138. The van der Waals surface area contributed by atoms with Gasteiger partial charge in [-0.05, 0) is 30.3 Å². The fourth-order valence-corrected chi connectivity index (χ4v) is 2.93. The predicted molar refractivity (Wildman–Crippen MR) is 98.8 cm³/mol. The number of nitro benzene ring substituents is 1. The molecule has 1 amide bonds. The van der Waals surface area contributed by atoms with Gasteiger partial charge in [-0.1, -0.05) is 23.2 Å². The normalized spacial score (nSPS) is 10.3. The molecule has 0 saturated heterocycles. The molecule has 2 aromatic carbocycles. The number of nitrogens with zero attached hydrogens (tertiary/aromatic N) is 1. The molecule has 0 saturated carbocycles. The quantitative estimate of drug-likeness (QED) is 0.311. The van der Waals surface area contributed by atoms with E-state index in [2.05, 4.69) is 5.32 Å². The van der Waals surface area contributed by atoms with E-state index in [1.165, 1.54) is 18.2 Å². The molecule has 0 heterocycles. The van der Waals surface area contributed by atoms with Gasteiger partial charge in [0.05, 0.1) is 9.95 Å². The zero-order valence-electron chi connectivity index (χ0n) is 12.9. The third kappa shape index (κ3) is 6.45. The van der Waals surface area contributed by atoms with Gasteiger partial charge in [0.25, 0.3) is 11.6 Å². The molecule has 0 fully saturated rings. The summed E-state index contributed by atoms with van der Waals surface area (Å²) in [5, 5.41) is 14.1. The van der Waals surface area contributed by atoms with Crippen LogP contribution in [0.1, 0.15) is 0 Å². The summed E-state index contributed by atoms with van der Waals surface area (Å²) in [6.07, 6.45) is 0. The van der Waals surface area contributed by atoms with E-state index in [0.717, 1.165) is 4.90 Å². The van der Waals surface area contributed by atoms with Gasteiger partial charge in [0.2, 0.25) is 0 Å². The highest BCUT2D eigenvalue weighted by Crippen LogP contribution is 2.28. The van der Waals surface area contributed by atoms with Crippen LogP contribution >= 0.6 is 35.0 Å². The molecule has 0 aliphatic heterocycles. The van der Waals surface area contributed by atoms with E-state index in [0.29, 0.717) is 17.3 Å². The number of carbonyl (C=O) groups excluding carboxylic acids is 1. The molecule has 0 unspecified atom stereocenters. The van der Waals surface area contributed by atoms with Gasteiger partial charge >= 0.3 is 0 Å². The molecular weight excluding hydrogens is 387 g/mol. The van der Waals surface area contributed by atoms with Crippen molar-refractivity contribution < 1.29 is 14.5 Å². The first-order valence-corrected chi connectivity index (χ1v) is 8.91. The van der Waals surface area contributed by atoms with Gasteiger partial charge in [-0.15, -0.1) is 11.8 Å². The first kappa shape index (κ1) is 19.4. The van der Waals surface area contributed by atoms with Gasteiger partial charge in [0, 0.05) is 34.3 Å². The van der Waals surface area contributed by atoms with Crippen LogP contribution in [0.2, 0.25) is 10.0 Å². The van der Waals surface area contributed by atoms with Crippen molar-refractivity contribution in [3.63, 3.8) is 0 Å². The third-order valence-electron chi connectivity index (χ3n) is 2.99. The number of thioether (sulfide) groups is 1. The highest BCUT2D eigenvalue weighted by molar-refractivity contribution is 7.99. The van der Waals surface area contributed by atoms with E-state index in [-0.39, 0.29) is 29.0 Å². The first-order chi connectivity index (χ1) is 12.0. The van der Waals surface area contributed by atoms with E-state index in [1.54, 1.807) is 11.8 Å². The number of amides is 1. The van der Waals surface area contributed by atoms with Crippen LogP contribution in [-0.2, 0) is 4.79 Å². The Kier molecular flexibility index (Phi) is 7.36. The summed E-state index contributed by atoms with van der Waals surface area (Å²) in [5.74, 6) is 0.621. The molecule has 2 rings (SSSR count). The molecule has 6 nitrogen and oxygen atoms in total. The monoisotopic (exact) mass is 400 g/mol. The number of rotatable bonds is 8. The van der Waals surface area contributed by atoms with Crippen LogP contribution in [0.25, 0.3) is 0 Å². The molecule has 0 spiro atoms. The number of nitrogens with one attached hydrogen (secondary N) is 1. The zero-order valence-corrected chi connectivity index (χ0v) is 15.2. The minimum Gasteiger partial charge on any atom is -0.482 e. The van der Waals surface area contributed by atoms with Gasteiger partial charge in [0.1, 0.15) is 5.75 Å². The lowest BCUT2D eigenvalue weighted by Crippen LogP contribution is -2.30. The summed E-state index contributed by atoms with van der Waals surface area (Å²) < 4.78 is 5.27. The van der Waals surface area contributed by atoms with E-state index >= 15 is 0 Å². The van der Waals surface area contributed by atoms with Crippen molar-refractivity contribution in [2.45, 2.75) is 4.90 Å². The smallest absolute Gasteiger partial charge is 0.271 e. The Bertz CT molecular complexity index is 756. The van der Waals surface area contributed by atoms with Crippen LogP contribution in [0.4, 0.5) is 5.69 Å². The fraction of sp³-hybridized carbons (Fsp3) is 0.188. The minimum absolute atomic E-state index is 0.0836. The van der Waals surface area contributed by atoms with Crippen LogP contribution in [0.3, 0.4) is 0 Å². The molecule has 9 heteroatoms. The Balaban J connectivity index is 1.70. The number of nitro groups is 1. The van der Waals surface area contributed by atoms with Crippen molar-refractivity contribution >= 4 is 46.6 Å². The van der Waals surface area contributed by atoms with Crippen LogP contribution in [0.15, 0.2) is 47.4 Å². The second kappa shape index (κ2) is 9.50. The van der Waals surface area contributed by atoms with Crippen molar-refractivity contribution in [3.8, 4) is 5.75 Å². The molecule has 0 aliphatic carbocycles. The van der Waals surface area contributed by atoms with Crippen LogP contribution in [-0.4, -0.2) is 29.7 Å². The number of non-ortho nitro benzene ring substituents is 1. The van der Waals surface area contributed by atoms with Crippen molar-refractivity contribution in [2.24, 2.45) is 0 Å². The molecule has 0 bridgehead atoms. The van der Waals surface area contributed by atoms with Gasteiger partial charge in [-0.3, -0.25) is 14.9 Å². The fourth-order valence-electron chi connectivity index (χ4n) is 1.80. The lowest BCUT2D eigenvalue weighted by Gasteiger charge is -2.08. The second-order valence-electron chi connectivity index (χ2n) is 4.81. The highest BCUT2D eigenvalue weighted by atomic mass is 35.5. The van der Waals surface area contributed by atoms with Crippen LogP contribution in [0.5, 0.6) is 5.75 Å². The Morgan fingerprint density at radius 3 is 2.56 bits per heavy atom. The van der Waals surface area contributed by atoms with Gasteiger partial charge in [-0.25, -0.2) is 0 Å². The molecule has 0 radical (unpaired) electrons. The van der Waals surface area contributed by atoms with E-state index in [9.17, 15) is 14.9 Å². The predicted octanol–water partition coefficient (Wildman–Crippen LogP) is 4.19. The molecular formula is C16H14Cl2N2O4S. The van der Waals surface area contributed by atoms with Gasteiger partial charge in [-0.2, -0.15) is 0 Å². The van der Waals surface area contributed by atoms with Crippen molar-refractivity contribution in [1.82, 2.24) is 5.32 Å². The van der Waals surface area contributed by atoms with E-state index in [4.69, 9.17) is 27.9 Å². The number of hydrogen-bond donors (Lipinski definition) is 1. The average molecular weight is 401 g/mol. The molecule has 132 valence electrons. The molecule has 0 aliphatic rings. The summed E-state index contributed by atoms with van der Waals surface area (Å²) in [6, 6.07) is 11.3. The SMILES string of the molecule is O=C(COc1ccc([N+](=O)[O-])cc1Cl)NCCSc1ccc(Cl)cc1. The Morgan fingerprint density at radius 1 is 1.20 bits per heavy atom. The molecule has 25 heavy (non-hydrogen) atoms. The number of hydrogen-bond acceptors (Lipinski definition) is 5. The van der Waals surface area contributed by atoms with Crippen molar-refractivity contribution in [1.29, 1.82) is 0 Å². The lowest BCUT2D eigenvalue weighted by molar-refractivity contribution is -0.384. The van der Waals surface area contributed by atoms with Gasteiger partial charge < -0.3 is 10.1 Å². The number of ether oxygens (including phenoxy) is 1. The second-order valence-corrected chi connectivity index (χ2v) is 6.82. The summed E-state index contributed by atoms with van der Waals surface area (Å²) in [6.45, 7) is 0.257. The van der Waals surface area contributed by atoms with Crippen molar-refractivity contribution in [2.75, 3.05) is 18.9 Å². The van der Waals surface area contributed by atoms with E-state index < -0.39 is 4.92 Å². The summed E-state index contributed by atoms with van der Waals surface area (Å²) in [7, 11) is 0. The molecule has 1 N–H and O–H groups in total. The largest absolute Gasteiger partial charge is 0.482 e. The highest BCUT2D eigenvalue weighted by Gasteiger charge is 2.11. The maximum absolute atomic E-state index is 11.7. The lowest BCUT2D eigenvalue weighted by atomic mass is 10.3. The molecule has 0 atom stereocenters. The van der Waals surface area contributed by atoms with Gasteiger partial charge in [0.15, 0.2) is 6.61 Å². The minimum atomic E-state index is -0.555. The Hall–Kier alpha value is -1.96. The third-order valence-corrected chi connectivity index (χ3v) is 4.55. The van der Waals surface area contributed by atoms with E-state index in [1.807, 2.05) is 24.3 Å². The number of halogens is 2. The van der Waals surface area contributed by atoms with Crippen LogP contribution in [0, 0.1) is 10.1 Å². The molecule has 2 aromatic rings.